The standard InChI is InChI=1S/C44H56N2O2S2/c1-41(2,3)31-23-29(39(47)33(25-31)43(7,8)9)27-45-35-17-13-15-19-37(35)49-21-22-50-38-20-16-14-18-36(38)46-28-30-24-32(42(4,5)6)26-34(40(30)48)44(10,11)12/h13-20,23-28,47-48H,21-22H2,1-12H3. The Morgan fingerprint density at radius 3 is 1.16 bits per heavy atom. The van der Waals surface area contributed by atoms with Crippen molar-refractivity contribution in [2.45, 2.75) is 115 Å². The molecule has 0 bridgehead atoms. The Balaban J connectivity index is 1.50. The first-order valence-electron chi connectivity index (χ1n) is 17.4. The SMILES string of the molecule is CC(C)(C)c1cc(C=Nc2ccccc2SCCSc2ccccc2N=Cc2cc(C(C)(C)C)cc(C(C)(C)C)c2O)c(O)c(C(C)(C)C)c1. The summed E-state index contributed by atoms with van der Waals surface area (Å²) in [6.07, 6.45) is 3.61. The molecule has 6 heteroatoms. The fourth-order valence-electron chi connectivity index (χ4n) is 5.47. The van der Waals surface area contributed by atoms with E-state index in [2.05, 4.69) is 119 Å². The van der Waals surface area contributed by atoms with Gasteiger partial charge in [-0.2, -0.15) is 0 Å². The van der Waals surface area contributed by atoms with Gasteiger partial charge in [-0.1, -0.05) is 119 Å². The molecule has 0 unspecified atom stereocenters. The Morgan fingerprint density at radius 2 is 0.840 bits per heavy atom. The normalized spacial score (nSPS) is 13.1. The predicted octanol–water partition coefficient (Wildman–Crippen LogP) is 12.7. The predicted molar refractivity (Wildman–Crippen MR) is 220 cm³/mol. The first-order valence-corrected chi connectivity index (χ1v) is 19.4. The zero-order valence-corrected chi connectivity index (χ0v) is 33.7. The highest BCUT2D eigenvalue weighted by Crippen LogP contribution is 2.40. The van der Waals surface area contributed by atoms with Crippen LogP contribution in [-0.4, -0.2) is 34.1 Å². The molecule has 0 saturated carbocycles. The second-order valence-electron chi connectivity index (χ2n) is 17.1. The summed E-state index contributed by atoms with van der Waals surface area (Å²) in [5.74, 6) is 2.36. The zero-order valence-electron chi connectivity index (χ0n) is 32.1. The minimum absolute atomic E-state index is 0.0550. The van der Waals surface area contributed by atoms with Crippen LogP contribution in [0, 0.1) is 0 Å². The second kappa shape index (κ2) is 15.4. The lowest BCUT2D eigenvalue weighted by Gasteiger charge is -2.27. The van der Waals surface area contributed by atoms with Crippen LogP contribution in [0.4, 0.5) is 11.4 Å². The third-order valence-electron chi connectivity index (χ3n) is 8.64. The van der Waals surface area contributed by atoms with Gasteiger partial charge in [-0.15, -0.1) is 23.5 Å². The Bertz CT molecular complexity index is 1730. The van der Waals surface area contributed by atoms with E-state index >= 15 is 0 Å². The number of aliphatic imine (C=N–C) groups is 2. The molecule has 2 N–H and O–H groups in total. The van der Waals surface area contributed by atoms with Gasteiger partial charge in [0, 0.05) is 56.0 Å². The van der Waals surface area contributed by atoms with E-state index < -0.39 is 0 Å². The smallest absolute Gasteiger partial charge is 0.128 e. The molecule has 0 aliphatic rings. The lowest BCUT2D eigenvalue weighted by Crippen LogP contribution is -2.17. The highest BCUT2D eigenvalue weighted by molar-refractivity contribution is 8.03. The molecule has 0 fully saturated rings. The lowest BCUT2D eigenvalue weighted by atomic mass is 9.79. The van der Waals surface area contributed by atoms with Gasteiger partial charge in [0.05, 0.1) is 11.4 Å². The van der Waals surface area contributed by atoms with Crippen molar-refractivity contribution in [2.75, 3.05) is 11.5 Å². The summed E-state index contributed by atoms with van der Waals surface area (Å²) in [5, 5.41) is 22.5. The number of phenols is 2. The molecule has 0 heterocycles. The number of rotatable bonds is 9. The van der Waals surface area contributed by atoms with E-state index in [1.54, 1.807) is 23.5 Å². The van der Waals surface area contributed by atoms with Crippen LogP contribution < -0.4 is 0 Å². The summed E-state index contributed by atoms with van der Waals surface area (Å²) in [7, 11) is 0. The number of hydrogen-bond acceptors (Lipinski definition) is 6. The summed E-state index contributed by atoms with van der Waals surface area (Å²) < 4.78 is 0. The van der Waals surface area contributed by atoms with Crippen LogP contribution in [0.15, 0.2) is 92.6 Å². The fraction of sp³-hybridized carbons (Fsp3) is 0.409. The molecule has 0 spiro atoms. The molecule has 0 atom stereocenters. The maximum Gasteiger partial charge on any atom is 0.128 e. The van der Waals surface area contributed by atoms with Gasteiger partial charge in [0.2, 0.25) is 0 Å². The van der Waals surface area contributed by atoms with E-state index in [1.165, 1.54) is 11.1 Å². The quantitative estimate of drug-likeness (QED) is 0.103. The van der Waals surface area contributed by atoms with E-state index in [1.807, 2.05) is 48.8 Å². The summed E-state index contributed by atoms with van der Waals surface area (Å²) >= 11 is 3.56. The Hall–Kier alpha value is -3.48. The number of benzene rings is 4. The molecule has 4 rings (SSSR count). The van der Waals surface area contributed by atoms with Gasteiger partial charge in [0.1, 0.15) is 11.5 Å². The Morgan fingerprint density at radius 1 is 0.500 bits per heavy atom. The fourth-order valence-corrected chi connectivity index (χ4v) is 7.47. The third-order valence-corrected chi connectivity index (χ3v) is 11.0. The van der Waals surface area contributed by atoms with Crippen molar-refractivity contribution in [3.05, 3.63) is 106 Å². The van der Waals surface area contributed by atoms with Crippen LogP contribution in [0.3, 0.4) is 0 Å². The van der Waals surface area contributed by atoms with Gasteiger partial charge >= 0.3 is 0 Å². The average molecular weight is 709 g/mol. The minimum Gasteiger partial charge on any atom is -0.507 e. The third kappa shape index (κ3) is 10.1. The minimum atomic E-state index is -0.196. The maximum atomic E-state index is 11.2. The van der Waals surface area contributed by atoms with Gasteiger partial charge in [-0.05, 0) is 69.2 Å². The number of aromatic hydroxyl groups is 2. The molecule has 4 nitrogen and oxygen atoms in total. The van der Waals surface area contributed by atoms with Gasteiger partial charge in [-0.3, -0.25) is 9.98 Å². The number of para-hydroxylation sites is 2. The van der Waals surface area contributed by atoms with Gasteiger partial charge in [-0.25, -0.2) is 0 Å². The molecule has 0 radical (unpaired) electrons. The maximum absolute atomic E-state index is 11.2. The molecule has 266 valence electrons. The van der Waals surface area contributed by atoms with Crippen molar-refractivity contribution in [1.82, 2.24) is 0 Å². The van der Waals surface area contributed by atoms with Crippen molar-refractivity contribution >= 4 is 47.3 Å². The zero-order chi connectivity index (χ0) is 37.1. The topological polar surface area (TPSA) is 65.2 Å². The van der Waals surface area contributed by atoms with E-state index in [-0.39, 0.29) is 21.7 Å². The van der Waals surface area contributed by atoms with E-state index in [9.17, 15) is 10.2 Å². The van der Waals surface area contributed by atoms with Crippen LogP contribution in [0.25, 0.3) is 0 Å². The lowest BCUT2D eigenvalue weighted by molar-refractivity contribution is 0.443. The van der Waals surface area contributed by atoms with Crippen LogP contribution in [0.1, 0.15) is 116 Å². The molecule has 0 aliphatic heterocycles. The molecule has 0 amide bonds. The van der Waals surface area contributed by atoms with Gasteiger partial charge in [0.15, 0.2) is 0 Å². The van der Waals surface area contributed by atoms with Gasteiger partial charge < -0.3 is 10.2 Å². The molecule has 4 aromatic rings. The van der Waals surface area contributed by atoms with Crippen LogP contribution in [0.2, 0.25) is 0 Å². The summed E-state index contributed by atoms with van der Waals surface area (Å²) in [6, 6.07) is 24.8. The highest BCUT2D eigenvalue weighted by atomic mass is 32.2. The van der Waals surface area contributed by atoms with Gasteiger partial charge in [0.25, 0.3) is 0 Å². The van der Waals surface area contributed by atoms with Crippen molar-refractivity contribution in [3.8, 4) is 11.5 Å². The van der Waals surface area contributed by atoms with E-state index in [0.717, 1.165) is 54.9 Å². The van der Waals surface area contributed by atoms with Crippen LogP contribution in [0.5, 0.6) is 11.5 Å². The molecule has 0 aromatic heterocycles. The van der Waals surface area contributed by atoms with Crippen molar-refractivity contribution < 1.29 is 10.2 Å². The van der Waals surface area contributed by atoms with Crippen molar-refractivity contribution in [1.29, 1.82) is 0 Å². The average Bonchev–Trinajstić information content (AvgIpc) is 3.00. The number of hydrogen-bond donors (Lipinski definition) is 2. The monoisotopic (exact) mass is 708 g/mol. The van der Waals surface area contributed by atoms with Crippen LogP contribution >= 0.6 is 23.5 Å². The molecule has 0 aliphatic carbocycles. The first kappa shape index (κ1) is 39.3. The number of phenolic OH excluding ortho intramolecular Hbond substituents is 2. The van der Waals surface area contributed by atoms with Crippen LogP contribution in [-0.2, 0) is 21.7 Å². The van der Waals surface area contributed by atoms with E-state index in [0.29, 0.717) is 11.5 Å². The number of nitrogens with zero attached hydrogens (tertiary/aromatic N) is 2. The molecular formula is C44H56N2O2S2. The summed E-state index contributed by atoms with van der Waals surface area (Å²) in [6.45, 7) is 25.9. The summed E-state index contributed by atoms with van der Waals surface area (Å²) in [4.78, 5) is 12.0. The summed E-state index contributed by atoms with van der Waals surface area (Å²) in [5.41, 5.74) is 6.96. The van der Waals surface area contributed by atoms with E-state index in [4.69, 9.17) is 9.98 Å². The van der Waals surface area contributed by atoms with Crippen molar-refractivity contribution in [3.63, 3.8) is 0 Å². The Kier molecular flexibility index (Phi) is 12.1. The largest absolute Gasteiger partial charge is 0.507 e. The molecule has 4 aromatic carbocycles. The molecule has 0 saturated heterocycles. The first-order chi connectivity index (χ1) is 23.2. The molecular weight excluding hydrogens is 653 g/mol. The second-order valence-corrected chi connectivity index (χ2v) is 19.3. The number of thioether (sulfide) groups is 2. The van der Waals surface area contributed by atoms with Crippen molar-refractivity contribution in [2.24, 2.45) is 9.98 Å². The highest BCUT2D eigenvalue weighted by Gasteiger charge is 2.26. The molecule has 50 heavy (non-hydrogen) atoms. The Labute approximate surface area is 310 Å².